The third-order valence-corrected chi connectivity index (χ3v) is 4.14. The molecule has 0 fully saturated rings. The number of H-pyrrole nitrogens is 1. The summed E-state index contributed by atoms with van der Waals surface area (Å²) >= 11 is 0. The number of benzene rings is 2. The Hall–Kier alpha value is -3.67. The van der Waals surface area contributed by atoms with E-state index >= 15 is 0 Å². The number of carbonyl (C=O) groups excluding carboxylic acids is 1. The second kappa shape index (κ2) is 6.68. The first-order chi connectivity index (χ1) is 12.7. The quantitative estimate of drug-likeness (QED) is 0.597. The Balaban J connectivity index is 1.59. The molecule has 0 saturated carbocycles. The molecule has 0 spiro atoms. The van der Waals surface area contributed by atoms with E-state index in [1.54, 1.807) is 24.8 Å². The summed E-state index contributed by atoms with van der Waals surface area (Å²) in [6, 6.07) is 16.7. The molecule has 4 aromatic rings. The molecule has 0 bridgehead atoms. The number of amides is 1. The number of anilines is 1. The molecule has 0 radical (unpaired) electrons. The Morgan fingerprint density at radius 3 is 2.77 bits per heavy atom. The SMILES string of the molecule is O=C(Cc1cc2ccccc2[nH]c1=O)Nc1ccccc1-n1ccnc1. The lowest BCUT2D eigenvalue weighted by molar-refractivity contribution is -0.115. The van der Waals surface area contributed by atoms with Gasteiger partial charge in [-0.1, -0.05) is 30.3 Å². The van der Waals surface area contributed by atoms with Crippen LogP contribution in [0.4, 0.5) is 5.69 Å². The van der Waals surface area contributed by atoms with Crippen LogP contribution < -0.4 is 10.9 Å². The lowest BCUT2D eigenvalue weighted by Gasteiger charge is -2.11. The van der Waals surface area contributed by atoms with Crippen LogP contribution in [0.3, 0.4) is 0 Å². The van der Waals surface area contributed by atoms with E-state index in [-0.39, 0.29) is 17.9 Å². The normalized spacial score (nSPS) is 10.8. The molecule has 6 heteroatoms. The first-order valence-corrected chi connectivity index (χ1v) is 8.19. The maximum absolute atomic E-state index is 12.5. The lowest BCUT2D eigenvalue weighted by atomic mass is 10.1. The second-order valence-electron chi connectivity index (χ2n) is 5.92. The summed E-state index contributed by atoms with van der Waals surface area (Å²) in [4.78, 5) is 31.6. The topological polar surface area (TPSA) is 79.8 Å². The van der Waals surface area contributed by atoms with E-state index in [0.29, 0.717) is 11.3 Å². The summed E-state index contributed by atoms with van der Waals surface area (Å²) in [5.41, 5.74) is 2.41. The van der Waals surface area contributed by atoms with Crippen molar-refractivity contribution in [3.05, 3.63) is 89.2 Å². The molecule has 2 aromatic carbocycles. The fourth-order valence-corrected chi connectivity index (χ4v) is 2.90. The summed E-state index contributed by atoms with van der Waals surface area (Å²) < 4.78 is 1.82. The zero-order valence-corrected chi connectivity index (χ0v) is 13.8. The Morgan fingerprint density at radius 1 is 1.12 bits per heavy atom. The smallest absolute Gasteiger partial charge is 0.252 e. The molecule has 0 unspecified atom stereocenters. The minimum atomic E-state index is -0.252. The van der Waals surface area contributed by atoms with Crippen molar-refractivity contribution in [2.75, 3.05) is 5.32 Å². The molecular weight excluding hydrogens is 328 g/mol. The molecule has 26 heavy (non-hydrogen) atoms. The van der Waals surface area contributed by atoms with Crippen LogP contribution >= 0.6 is 0 Å². The van der Waals surface area contributed by atoms with Crippen molar-refractivity contribution in [1.82, 2.24) is 14.5 Å². The van der Waals surface area contributed by atoms with E-state index in [9.17, 15) is 9.59 Å². The van der Waals surface area contributed by atoms with Gasteiger partial charge in [-0.2, -0.15) is 0 Å². The van der Waals surface area contributed by atoms with Crippen LogP contribution in [-0.4, -0.2) is 20.4 Å². The molecule has 1 amide bonds. The average Bonchev–Trinajstić information content (AvgIpc) is 3.17. The number of fused-ring (bicyclic) bond motifs is 1. The van der Waals surface area contributed by atoms with Crippen LogP contribution in [-0.2, 0) is 11.2 Å². The number of aromatic nitrogens is 3. The number of rotatable bonds is 4. The Morgan fingerprint density at radius 2 is 1.92 bits per heavy atom. The van der Waals surface area contributed by atoms with Crippen LogP contribution in [0, 0.1) is 0 Å². The number of pyridine rings is 1. The molecule has 0 aliphatic carbocycles. The summed E-state index contributed by atoms with van der Waals surface area (Å²) in [7, 11) is 0. The molecule has 2 N–H and O–H groups in total. The third-order valence-electron chi connectivity index (χ3n) is 4.14. The van der Waals surface area contributed by atoms with Crippen molar-refractivity contribution in [2.45, 2.75) is 6.42 Å². The van der Waals surface area contributed by atoms with Crippen LogP contribution in [0.15, 0.2) is 78.1 Å². The molecule has 2 heterocycles. The van der Waals surface area contributed by atoms with Crippen molar-refractivity contribution < 1.29 is 4.79 Å². The van der Waals surface area contributed by atoms with E-state index in [2.05, 4.69) is 15.3 Å². The number of nitrogens with zero attached hydrogens (tertiary/aromatic N) is 2. The molecule has 0 atom stereocenters. The fourth-order valence-electron chi connectivity index (χ4n) is 2.90. The number of hydrogen-bond acceptors (Lipinski definition) is 3. The van der Waals surface area contributed by atoms with E-state index in [1.807, 2.05) is 53.1 Å². The van der Waals surface area contributed by atoms with Crippen molar-refractivity contribution >= 4 is 22.5 Å². The summed E-state index contributed by atoms with van der Waals surface area (Å²) in [5.74, 6) is -0.252. The van der Waals surface area contributed by atoms with Gasteiger partial charge in [0.15, 0.2) is 0 Å². The highest BCUT2D eigenvalue weighted by Gasteiger charge is 2.11. The fraction of sp³-hybridized carbons (Fsp3) is 0.0500. The highest BCUT2D eigenvalue weighted by atomic mass is 16.2. The Kier molecular flexibility index (Phi) is 4.07. The highest BCUT2D eigenvalue weighted by molar-refractivity contribution is 5.94. The first kappa shape index (κ1) is 15.8. The predicted octanol–water partition coefficient (Wildman–Crippen LogP) is 2.90. The molecule has 128 valence electrons. The van der Waals surface area contributed by atoms with Crippen molar-refractivity contribution in [2.24, 2.45) is 0 Å². The molecule has 0 aliphatic heterocycles. The van der Waals surface area contributed by atoms with Gasteiger partial charge in [-0.15, -0.1) is 0 Å². The van der Waals surface area contributed by atoms with Crippen LogP contribution in [0.2, 0.25) is 0 Å². The van der Waals surface area contributed by atoms with Gasteiger partial charge in [0.1, 0.15) is 0 Å². The molecule has 4 rings (SSSR count). The number of aromatic amines is 1. The number of carbonyl (C=O) groups is 1. The van der Waals surface area contributed by atoms with Gasteiger partial charge in [0.05, 0.1) is 24.1 Å². The zero-order valence-electron chi connectivity index (χ0n) is 13.8. The van der Waals surface area contributed by atoms with Gasteiger partial charge in [0.25, 0.3) is 5.56 Å². The summed E-state index contributed by atoms with van der Waals surface area (Å²) in [6.45, 7) is 0. The van der Waals surface area contributed by atoms with E-state index in [1.165, 1.54) is 0 Å². The van der Waals surface area contributed by atoms with Crippen molar-refractivity contribution in [1.29, 1.82) is 0 Å². The number of para-hydroxylation sites is 3. The van der Waals surface area contributed by atoms with Crippen molar-refractivity contribution in [3.8, 4) is 5.69 Å². The van der Waals surface area contributed by atoms with Gasteiger partial charge in [0, 0.05) is 23.5 Å². The monoisotopic (exact) mass is 344 g/mol. The molecule has 0 aliphatic rings. The van der Waals surface area contributed by atoms with Crippen molar-refractivity contribution in [3.63, 3.8) is 0 Å². The predicted molar refractivity (Wildman–Crippen MR) is 100 cm³/mol. The maximum atomic E-state index is 12.5. The average molecular weight is 344 g/mol. The number of nitrogens with one attached hydrogen (secondary N) is 2. The number of imidazole rings is 1. The van der Waals surface area contributed by atoms with Crippen LogP contribution in [0.5, 0.6) is 0 Å². The Bertz CT molecular complexity index is 1130. The van der Waals surface area contributed by atoms with Gasteiger partial charge >= 0.3 is 0 Å². The standard InChI is InChI=1S/C20H16N4O2/c25-19(12-15-11-14-5-1-2-6-16(14)23-20(15)26)22-17-7-3-4-8-18(17)24-10-9-21-13-24/h1-11,13H,12H2,(H,22,25)(H,23,26). The highest BCUT2D eigenvalue weighted by Crippen LogP contribution is 2.20. The van der Waals surface area contributed by atoms with E-state index in [0.717, 1.165) is 16.6 Å². The summed E-state index contributed by atoms with van der Waals surface area (Å²) in [5, 5.41) is 3.78. The van der Waals surface area contributed by atoms with Gasteiger partial charge < -0.3 is 14.9 Å². The largest absolute Gasteiger partial charge is 0.324 e. The Labute approximate surface area is 149 Å². The van der Waals surface area contributed by atoms with E-state index in [4.69, 9.17) is 0 Å². The van der Waals surface area contributed by atoms with Crippen LogP contribution in [0.1, 0.15) is 5.56 Å². The molecule has 0 saturated heterocycles. The maximum Gasteiger partial charge on any atom is 0.252 e. The van der Waals surface area contributed by atoms with Gasteiger partial charge in [-0.3, -0.25) is 9.59 Å². The third kappa shape index (κ3) is 3.12. The van der Waals surface area contributed by atoms with E-state index < -0.39 is 0 Å². The lowest BCUT2D eigenvalue weighted by Crippen LogP contribution is -2.21. The molecule has 6 nitrogen and oxygen atoms in total. The van der Waals surface area contributed by atoms with Gasteiger partial charge in [0.2, 0.25) is 5.91 Å². The second-order valence-corrected chi connectivity index (χ2v) is 5.92. The molecular formula is C20H16N4O2. The molecule has 2 aromatic heterocycles. The van der Waals surface area contributed by atoms with Crippen LogP contribution in [0.25, 0.3) is 16.6 Å². The first-order valence-electron chi connectivity index (χ1n) is 8.19. The van der Waals surface area contributed by atoms with Gasteiger partial charge in [-0.25, -0.2) is 4.98 Å². The summed E-state index contributed by atoms with van der Waals surface area (Å²) in [6.07, 6.45) is 5.14. The minimum Gasteiger partial charge on any atom is -0.324 e. The minimum absolute atomic E-state index is 0.00156. The van der Waals surface area contributed by atoms with Gasteiger partial charge in [-0.05, 0) is 29.7 Å². The number of hydrogen-bond donors (Lipinski definition) is 2. The zero-order chi connectivity index (χ0) is 17.9.